The van der Waals surface area contributed by atoms with E-state index in [0.717, 1.165) is 31.0 Å². The minimum absolute atomic E-state index is 0.817. The molecular weight excluding hydrogens is 244 g/mol. The van der Waals surface area contributed by atoms with Crippen molar-refractivity contribution in [3.8, 4) is 0 Å². The Bertz CT molecular complexity index is 593. The molecule has 2 fully saturated rings. The van der Waals surface area contributed by atoms with Crippen LogP contribution in [0.1, 0.15) is 31.4 Å². The molecule has 0 atom stereocenters. The summed E-state index contributed by atoms with van der Waals surface area (Å²) in [4.78, 5) is 0. The number of nitrogens with one attached hydrogen (secondary N) is 1. The Balaban J connectivity index is 1.43. The largest absolute Gasteiger partial charge is 0.344 e. The molecule has 0 saturated heterocycles. The predicted molar refractivity (Wildman–Crippen MR) is 83.9 cm³/mol. The number of aromatic nitrogens is 1. The molecular formula is C18H24N2. The highest BCUT2D eigenvalue weighted by Gasteiger charge is 2.40. The first-order valence-electron chi connectivity index (χ1n) is 8.11. The third-order valence-electron chi connectivity index (χ3n) is 4.99. The fourth-order valence-corrected chi connectivity index (χ4v) is 3.62. The molecule has 2 aliphatic rings. The minimum atomic E-state index is 0.817. The number of aryl methyl sites for hydroxylation is 1. The van der Waals surface area contributed by atoms with Crippen LogP contribution in [0.25, 0.3) is 10.9 Å². The van der Waals surface area contributed by atoms with Gasteiger partial charge in [-0.15, -0.1) is 0 Å². The Hall–Kier alpha value is -1.28. The van der Waals surface area contributed by atoms with Crippen molar-refractivity contribution >= 4 is 10.9 Å². The third kappa shape index (κ3) is 2.37. The number of rotatable bonds is 6. The normalized spacial score (nSPS) is 19.1. The van der Waals surface area contributed by atoms with Gasteiger partial charge in [0.25, 0.3) is 0 Å². The molecule has 2 aliphatic carbocycles. The zero-order valence-electron chi connectivity index (χ0n) is 12.3. The van der Waals surface area contributed by atoms with Gasteiger partial charge in [-0.3, -0.25) is 0 Å². The number of hydrogen-bond acceptors (Lipinski definition) is 1. The molecule has 0 spiro atoms. The van der Waals surface area contributed by atoms with Crippen LogP contribution in [0.2, 0.25) is 0 Å². The van der Waals surface area contributed by atoms with Gasteiger partial charge in [-0.25, -0.2) is 0 Å². The number of benzene rings is 1. The van der Waals surface area contributed by atoms with Crippen molar-refractivity contribution in [2.75, 3.05) is 6.54 Å². The first-order valence-corrected chi connectivity index (χ1v) is 8.11. The van der Waals surface area contributed by atoms with Crippen LogP contribution in [0.5, 0.6) is 0 Å². The highest BCUT2D eigenvalue weighted by atomic mass is 15.0. The Kier molecular flexibility index (Phi) is 3.07. The van der Waals surface area contributed by atoms with E-state index in [9.17, 15) is 0 Å². The molecule has 0 unspecified atom stereocenters. The summed E-state index contributed by atoms with van der Waals surface area (Å²) in [5.74, 6) is 1.98. The van der Waals surface area contributed by atoms with Gasteiger partial charge in [0, 0.05) is 30.3 Å². The molecule has 2 heteroatoms. The van der Waals surface area contributed by atoms with E-state index < -0.39 is 0 Å². The fourth-order valence-electron chi connectivity index (χ4n) is 3.62. The van der Waals surface area contributed by atoms with E-state index in [2.05, 4.69) is 47.1 Å². The lowest BCUT2D eigenvalue weighted by molar-refractivity contribution is 0.407. The van der Waals surface area contributed by atoms with Crippen LogP contribution in [-0.2, 0) is 6.54 Å². The average Bonchev–Trinajstić information content (AvgIpc) is 3.34. The molecule has 4 rings (SSSR count). The lowest BCUT2D eigenvalue weighted by atomic mass is 10.1. The Morgan fingerprint density at radius 1 is 1.15 bits per heavy atom. The van der Waals surface area contributed by atoms with E-state index in [1.807, 2.05) is 0 Å². The van der Waals surface area contributed by atoms with Crippen molar-refractivity contribution in [1.29, 1.82) is 0 Å². The molecule has 106 valence electrons. The smallest absolute Gasteiger partial charge is 0.0482 e. The quantitative estimate of drug-likeness (QED) is 0.844. The minimum Gasteiger partial charge on any atom is -0.344 e. The van der Waals surface area contributed by atoms with Crippen molar-refractivity contribution < 1.29 is 0 Å². The van der Waals surface area contributed by atoms with Crippen molar-refractivity contribution in [2.24, 2.45) is 11.8 Å². The van der Waals surface area contributed by atoms with Gasteiger partial charge >= 0.3 is 0 Å². The topological polar surface area (TPSA) is 17.0 Å². The van der Waals surface area contributed by atoms with E-state index in [-0.39, 0.29) is 0 Å². The monoisotopic (exact) mass is 268 g/mol. The SMILES string of the molecule is Cc1cc2ccccc2n1CCNC(C1CC1)C1CC1. The summed E-state index contributed by atoms with van der Waals surface area (Å²) in [6.45, 7) is 4.42. The first-order chi connectivity index (χ1) is 9.83. The van der Waals surface area contributed by atoms with Crippen molar-refractivity contribution in [2.45, 2.75) is 45.2 Å². The van der Waals surface area contributed by atoms with E-state index in [4.69, 9.17) is 0 Å². The first kappa shape index (κ1) is 12.5. The second kappa shape index (κ2) is 4.92. The maximum Gasteiger partial charge on any atom is 0.0482 e. The summed E-state index contributed by atoms with van der Waals surface area (Å²) in [5.41, 5.74) is 2.75. The number of fused-ring (bicyclic) bond motifs is 1. The summed E-state index contributed by atoms with van der Waals surface area (Å²) in [6, 6.07) is 11.8. The maximum absolute atomic E-state index is 3.85. The van der Waals surface area contributed by atoms with Crippen LogP contribution in [0, 0.1) is 18.8 Å². The highest BCUT2D eigenvalue weighted by molar-refractivity contribution is 5.81. The molecule has 2 saturated carbocycles. The highest BCUT2D eigenvalue weighted by Crippen LogP contribution is 2.44. The van der Waals surface area contributed by atoms with Crippen LogP contribution in [0.15, 0.2) is 30.3 Å². The Morgan fingerprint density at radius 2 is 1.85 bits per heavy atom. The second-order valence-corrected chi connectivity index (χ2v) is 6.65. The summed E-state index contributed by atoms with van der Waals surface area (Å²) < 4.78 is 2.46. The third-order valence-corrected chi connectivity index (χ3v) is 4.99. The molecule has 0 radical (unpaired) electrons. The van der Waals surface area contributed by atoms with Crippen LogP contribution in [0.3, 0.4) is 0 Å². The number of hydrogen-bond donors (Lipinski definition) is 1. The van der Waals surface area contributed by atoms with E-state index in [1.54, 1.807) is 0 Å². The second-order valence-electron chi connectivity index (χ2n) is 6.65. The van der Waals surface area contributed by atoms with E-state index in [1.165, 1.54) is 42.3 Å². The van der Waals surface area contributed by atoms with E-state index >= 15 is 0 Å². The van der Waals surface area contributed by atoms with Gasteiger partial charge in [0.1, 0.15) is 0 Å². The molecule has 0 aliphatic heterocycles. The van der Waals surface area contributed by atoms with Crippen molar-refractivity contribution in [3.63, 3.8) is 0 Å². The number of nitrogens with zero attached hydrogens (tertiary/aromatic N) is 1. The van der Waals surface area contributed by atoms with E-state index in [0.29, 0.717) is 0 Å². The summed E-state index contributed by atoms with van der Waals surface area (Å²) in [7, 11) is 0. The van der Waals surface area contributed by atoms with Crippen LogP contribution >= 0.6 is 0 Å². The van der Waals surface area contributed by atoms with Crippen molar-refractivity contribution in [1.82, 2.24) is 9.88 Å². The molecule has 1 N–H and O–H groups in total. The van der Waals surface area contributed by atoms with Gasteiger partial charge in [-0.2, -0.15) is 0 Å². The summed E-state index contributed by atoms with van der Waals surface area (Å²) in [6.07, 6.45) is 5.83. The molecule has 1 aromatic heterocycles. The molecule has 1 aromatic carbocycles. The lowest BCUT2D eigenvalue weighted by Gasteiger charge is -2.18. The lowest BCUT2D eigenvalue weighted by Crippen LogP contribution is -2.35. The number of para-hydroxylation sites is 1. The van der Waals surface area contributed by atoms with Gasteiger partial charge in [0.15, 0.2) is 0 Å². The molecule has 1 heterocycles. The Morgan fingerprint density at radius 3 is 2.55 bits per heavy atom. The van der Waals surface area contributed by atoms with Gasteiger partial charge in [-0.05, 0) is 62.0 Å². The Labute approximate surface area is 121 Å². The molecule has 0 bridgehead atoms. The maximum atomic E-state index is 3.85. The molecule has 2 aromatic rings. The van der Waals surface area contributed by atoms with Gasteiger partial charge in [0.05, 0.1) is 0 Å². The molecule has 2 nitrogen and oxygen atoms in total. The van der Waals surface area contributed by atoms with Crippen LogP contribution in [0.4, 0.5) is 0 Å². The standard InChI is InChI=1S/C18H24N2/c1-13-12-16-4-2-3-5-17(16)20(13)11-10-19-18(14-6-7-14)15-8-9-15/h2-5,12,14-15,18-19H,6-11H2,1H3. The molecule has 20 heavy (non-hydrogen) atoms. The van der Waals surface area contributed by atoms with Gasteiger partial charge < -0.3 is 9.88 Å². The van der Waals surface area contributed by atoms with Gasteiger partial charge in [0.2, 0.25) is 0 Å². The van der Waals surface area contributed by atoms with Gasteiger partial charge in [-0.1, -0.05) is 18.2 Å². The zero-order chi connectivity index (χ0) is 13.5. The fraction of sp³-hybridized carbons (Fsp3) is 0.556. The predicted octanol–water partition coefficient (Wildman–Crippen LogP) is 3.73. The van der Waals surface area contributed by atoms with Crippen LogP contribution in [-0.4, -0.2) is 17.2 Å². The molecule has 0 amide bonds. The van der Waals surface area contributed by atoms with Crippen LogP contribution < -0.4 is 5.32 Å². The summed E-state index contributed by atoms with van der Waals surface area (Å²) >= 11 is 0. The van der Waals surface area contributed by atoms with Crippen molar-refractivity contribution in [3.05, 3.63) is 36.0 Å². The summed E-state index contributed by atoms with van der Waals surface area (Å²) in [5, 5.41) is 5.22. The average molecular weight is 268 g/mol. The zero-order valence-corrected chi connectivity index (χ0v) is 12.3.